The molecule has 180 valence electrons. The molecule has 6 unspecified atom stereocenters. The van der Waals surface area contributed by atoms with E-state index in [4.69, 9.17) is 4.74 Å². The molecule has 1 N–H and O–H groups in total. The molecule has 4 aliphatic heterocycles. The van der Waals surface area contributed by atoms with Crippen LogP contribution in [0.4, 0.5) is 4.39 Å². The summed E-state index contributed by atoms with van der Waals surface area (Å²) < 4.78 is 20.4. The fourth-order valence-electron chi connectivity index (χ4n) is 8.46. The lowest BCUT2D eigenvalue weighted by Crippen LogP contribution is -2.73. The predicted molar refractivity (Wildman–Crippen MR) is 122 cm³/mol. The van der Waals surface area contributed by atoms with Crippen LogP contribution in [0.2, 0.25) is 0 Å². The molecule has 0 aromatic rings. The molecule has 32 heavy (non-hydrogen) atoms. The summed E-state index contributed by atoms with van der Waals surface area (Å²) in [4.78, 5) is 17.8. The number of halogens is 1. The number of hydrogen-bond donors (Lipinski definition) is 1. The Balaban J connectivity index is 1.09. The predicted octanol–water partition coefficient (Wildman–Crippen LogP) is 3.80. The van der Waals surface area contributed by atoms with E-state index in [1.807, 2.05) is 0 Å². The first-order valence-electron chi connectivity index (χ1n) is 13.7. The van der Waals surface area contributed by atoms with Gasteiger partial charge in [0, 0.05) is 37.6 Å². The molecule has 6 rings (SSSR count). The molecule has 0 bridgehead atoms. The summed E-state index contributed by atoms with van der Waals surface area (Å²) in [5.74, 6) is 0.492. The first-order valence-corrected chi connectivity index (χ1v) is 13.7. The maximum atomic E-state index is 13.7. The Bertz CT molecular complexity index is 711. The lowest BCUT2D eigenvalue weighted by atomic mass is 9.73. The molecular formula is C26H42FN3O2. The highest BCUT2D eigenvalue weighted by molar-refractivity contribution is 5.76. The molecule has 0 aromatic heterocycles. The van der Waals surface area contributed by atoms with Crippen LogP contribution in [0.15, 0.2) is 0 Å². The van der Waals surface area contributed by atoms with Crippen LogP contribution in [0.1, 0.15) is 89.9 Å². The smallest absolute Gasteiger partial charge is 0.222 e. The average Bonchev–Trinajstić information content (AvgIpc) is 3.42. The molecule has 2 saturated carbocycles. The van der Waals surface area contributed by atoms with Crippen LogP contribution in [0.3, 0.4) is 0 Å². The maximum Gasteiger partial charge on any atom is 0.222 e. The normalized spacial score (nSPS) is 44.0. The number of piperazine rings is 1. The van der Waals surface area contributed by atoms with Gasteiger partial charge in [0.15, 0.2) is 0 Å². The number of fused-ring (bicyclic) bond motifs is 4. The summed E-state index contributed by atoms with van der Waals surface area (Å²) in [5.41, 5.74) is 0.0494. The number of nitrogens with one attached hydrogen (secondary N) is 1. The van der Waals surface area contributed by atoms with Crippen LogP contribution in [0.25, 0.3) is 0 Å². The molecule has 6 aliphatic rings. The topological polar surface area (TPSA) is 44.8 Å². The highest BCUT2D eigenvalue weighted by Gasteiger charge is 2.60. The van der Waals surface area contributed by atoms with Crippen LogP contribution in [0, 0.1) is 5.92 Å². The van der Waals surface area contributed by atoms with Gasteiger partial charge in [0.05, 0.1) is 17.7 Å². The van der Waals surface area contributed by atoms with Gasteiger partial charge < -0.3 is 15.0 Å². The number of hydrogen-bond acceptors (Lipinski definition) is 4. The Morgan fingerprint density at radius 1 is 1.00 bits per heavy atom. The van der Waals surface area contributed by atoms with Gasteiger partial charge >= 0.3 is 0 Å². The molecule has 0 aromatic carbocycles. The van der Waals surface area contributed by atoms with Gasteiger partial charge in [0.2, 0.25) is 5.91 Å². The van der Waals surface area contributed by atoms with E-state index >= 15 is 0 Å². The van der Waals surface area contributed by atoms with Gasteiger partial charge in [-0.1, -0.05) is 19.3 Å². The fourth-order valence-corrected chi connectivity index (χ4v) is 8.46. The average molecular weight is 448 g/mol. The number of amides is 1. The summed E-state index contributed by atoms with van der Waals surface area (Å²) in [6, 6.07) is 2.00. The molecule has 0 radical (unpaired) electrons. The Hall–Kier alpha value is -0.720. The molecular weight excluding hydrogens is 405 g/mol. The second kappa shape index (κ2) is 8.49. The van der Waals surface area contributed by atoms with E-state index in [1.165, 1.54) is 45.1 Å². The third-order valence-corrected chi connectivity index (χ3v) is 10.0. The number of nitrogens with zero attached hydrogens (tertiary/aromatic N) is 2. The SMILES string of the molecule is O=C(CC1CCCC(F)C1)N1CCC2(CC1)CC1(CO2)NC2CCCCC2N2CCCC21. The van der Waals surface area contributed by atoms with Crippen molar-refractivity contribution in [1.82, 2.24) is 15.1 Å². The minimum atomic E-state index is -0.698. The van der Waals surface area contributed by atoms with Crippen LogP contribution < -0.4 is 5.32 Å². The summed E-state index contributed by atoms with van der Waals surface area (Å²) in [6.45, 7) is 3.72. The molecule has 1 amide bonds. The Kier molecular flexibility index (Phi) is 5.78. The van der Waals surface area contributed by atoms with E-state index in [1.54, 1.807) is 0 Å². The van der Waals surface area contributed by atoms with Crippen molar-refractivity contribution in [2.45, 2.75) is 125 Å². The van der Waals surface area contributed by atoms with Gasteiger partial charge in [0.1, 0.15) is 6.17 Å². The number of likely N-dealkylation sites (tertiary alicyclic amines) is 1. The quantitative estimate of drug-likeness (QED) is 0.699. The lowest BCUT2D eigenvalue weighted by molar-refractivity contribution is -0.137. The van der Waals surface area contributed by atoms with Crippen LogP contribution >= 0.6 is 0 Å². The second-order valence-corrected chi connectivity index (χ2v) is 12.0. The van der Waals surface area contributed by atoms with E-state index in [0.29, 0.717) is 31.3 Å². The molecule has 6 fully saturated rings. The van der Waals surface area contributed by atoms with E-state index in [-0.39, 0.29) is 23.0 Å². The maximum absolute atomic E-state index is 13.7. The zero-order chi connectivity index (χ0) is 21.8. The third-order valence-electron chi connectivity index (χ3n) is 10.0. The Labute approximate surface area is 192 Å². The molecule has 5 nitrogen and oxygen atoms in total. The van der Waals surface area contributed by atoms with E-state index < -0.39 is 6.17 Å². The van der Waals surface area contributed by atoms with Crippen molar-refractivity contribution < 1.29 is 13.9 Å². The summed E-state index contributed by atoms with van der Waals surface area (Å²) in [5, 5.41) is 4.18. The van der Waals surface area contributed by atoms with Crippen LogP contribution in [0.5, 0.6) is 0 Å². The summed E-state index contributed by atoms with van der Waals surface area (Å²) >= 11 is 0. The highest BCUT2D eigenvalue weighted by atomic mass is 19.1. The fraction of sp³-hybridized carbons (Fsp3) is 0.962. The molecule has 6 heteroatoms. The van der Waals surface area contributed by atoms with Crippen molar-refractivity contribution in [2.24, 2.45) is 5.92 Å². The second-order valence-electron chi connectivity index (χ2n) is 12.0. The number of carbonyl (C=O) groups excluding carboxylic acids is 1. The summed E-state index contributed by atoms with van der Waals surface area (Å²) in [6.07, 6.45) is 14.1. The lowest BCUT2D eigenvalue weighted by Gasteiger charge is -2.55. The third kappa shape index (κ3) is 3.82. The van der Waals surface area contributed by atoms with Gasteiger partial charge in [-0.25, -0.2) is 4.39 Å². The minimum absolute atomic E-state index is 0.0611. The number of rotatable bonds is 2. The Morgan fingerprint density at radius 3 is 2.69 bits per heavy atom. The molecule has 4 saturated heterocycles. The zero-order valence-corrected chi connectivity index (χ0v) is 19.7. The first-order chi connectivity index (χ1) is 15.6. The molecule has 2 spiro atoms. The van der Waals surface area contributed by atoms with Crippen molar-refractivity contribution in [2.75, 3.05) is 26.2 Å². The molecule has 6 atom stereocenters. The van der Waals surface area contributed by atoms with E-state index in [9.17, 15) is 9.18 Å². The standard InChI is InChI=1S/C26H42FN3O2/c27-20-6-3-5-19(15-20)16-24(31)29-13-10-25(11-14-29)17-26(18-32-25)23-9-4-12-30(23)22-8-2-1-7-21(22)28-26/h19-23,28H,1-18H2. The largest absolute Gasteiger partial charge is 0.373 e. The monoisotopic (exact) mass is 447 g/mol. The number of piperidine rings is 1. The van der Waals surface area contributed by atoms with Crippen molar-refractivity contribution in [3.63, 3.8) is 0 Å². The minimum Gasteiger partial charge on any atom is -0.373 e. The van der Waals surface area contributed by atoms with Crippen molar-refractivity contribution in [1.29, 1.82) is 0 Å². The number of ether oxygens (including phenoxy) is 1. The number of carbonyl (C=O) groups is 1. The van der Waals surface area contributed by atoms with E-state index in [0.717, 1.165) is 57.8 Å². The van der Waals surface area contributed by atoms with Crippen molar-refractivity contribution in [3.8, 4) is 0 Å². The van der Waals surface area contributed by atoms with Crippen molar-refractivity contribution >= 4 is 5.91 Å². The number of alkyl halides is 1. The zero-order valence-electron chi connectivity index (χ0n) is 19.7. The van der Waals surface area contributed by atoms with E-state index in [2.05, 4.69) is 15.1 Å². The van der Waals surface area contributed by atoms with Gasteiger partial charge in [-0.3, -0.25) is 9.69 Å². The van der Waals surface area contributed by atoms with Crippen LogP contribution in [-0.4, -0.2) is 77.4 Å². The van der Waals surface area contributed by atoms with Gasteiger partial charge in [0.25, 0.3) is 0 Å². The molecule has 2 aliphatic carbocycles. The first kappa shape index (κ1) is 21.8. The van der Waals surface area contributed by atoms with Gasteiger partial charge in [-0.2, -0.15) is 0 Å². The molecule has 4 heterocycles. The van der Waals surface area contributed by atoms with Crippen LogP contribution in [-0.2, 0) is 9.53 Å². The van der Waals surface area contributed by atoms with Crippen molar-refractivity contribution in [3.05, 3.63) is 0 Å². The van der Waals surface area contributed by atoms with Gasteiger partial charge in [-0.15, -0.1) is 0 Å². The summed E-state index contributed by atoms with van der Waals surface area (Å²) in [7, 11) is 0. The van der Waals surface area contributed by atoms with Gasteiger partial charge in [-0.05, 0) is 76.7 Å². The highest BCUT2D eigenvalue weighted by Crippen LogP contribution is 2.49. The Morgan fingerprint density at radius 2 is 1.84 bits per heavy atom.